The van der Waals surface area contributed by atoms with E-state index in [0.29, 0.717) is 11.7 Å². The predicted molar refractivity (Wildman–Crippen MR) is 104 cm³/mol. The van der Waals surface area contributed by atoms with Gasteiger partial charge in [-0.2, -0.15) is 0 Å². The Hall–Kier alpha value is -1.50. The number of anilines is 1. The van der Waals surface area contributed by atoms with Crippen molar-refractivity contribution < 1.29 is 4.79 Å². The maximum absolute atomic E-state index is 12.5. The minimum atomic E-state index is -0.241. The Labute approximate surface area is 158 Å². The molecule has 2 aromatic rings. The van der Waals surface area contributed by atoms with Gasteiger partial charge in [-0.15, -0.1) is 22.6 Å². The number of rotatable bonds is 5. The molecule has 3 rings (SSSR count). The van der Waals surface area contributed by atoms with Gasteiger partial charge in [0.1, 0.15) is 5.01 Å². The molecule has 136 valence electrons. The lowest BCUT2D eigenvalue weighted by Gasteiger charge is -2.21. The fourth-order valence-electron chi connectivity index (χ4n) is 3.37. The number of amides is 1. The van der Waals surface area contributed by atoms with Gasteiger partial charge in [0.05, 0.1) is 0 Å². The molecule has 1 aliphatic carbocycles. The molecule has 1 aromatic heterocycles. The quantitative estimate of drug-likeness (QED) is 0.830. The first-order valence-electron chi connectivity index (χ1n) is 8.43. The van der Waals surface area contributed by atoms with E-state index in [9.17, 15) is 4.79 Å². The highest BCUT2D eigenvalue weighted by molar-refractivity contribution is 7.15. The molecule has 0 aliphatic heterocycles. The molecule has 1 aromatic carbocycles. The van der Waals surface area contributed by atoms with Crippen LogP contribution >= 0.6 is 23.7 Å². The summed E-state index contributed by atoms with van der Waals surface area (Å²) in [6.07, 6.45) is 3.02. The van der Waals surface area contributed by atoms with Gasteiger partial charge in [0.15, 0.2) is 0 Å². The summed E-state index contributed by atoms with van der Waals surface area (Å²) in [5.74, 6) is 0.325. The lowest BCUT2D eigenvalue weighted by Crippen LogP contribution is -2.29. The molecule has 1 saturated carbocycles. The van der Waals surface area contributed by atoms with Crippen LogP contribution in [0.2, 0.25) is 0 Å². The molecule has 0 unspecified atom stereocenters. The van der Waals surface area contributed by atoms with Crippen molar-refractivity contribution in [2.45, 2.75) is 38.5 Å². The van der Waals surface area contributed by atoms with Gasteiger partial charge in [-0.3, -0.25) is 4.79 Å². The standard InChI is InChI=1S/C18H24N4OS.ClH/c1-18(2,13-8-4-3-5-9-13)16-21-22-17(24-16)20-15(23)14-10-6-7-12(14)11-19;/h3-5,8-9,12,14H,6-7,10-11,19H2,1-2H3,(H,20,22,23);1H/t12-,14-;/m1./s1. The summed E-state index contributed by atoms with van der Waals surface area (Å²) in [6, 6.07) is 10.2. The van der Waals surface area contributed by atoms with Gasteiger partial charge < -0.3 is 11.1 Å². The molecule has 0 radical (unpaired) electrons. The lowest BCUT2D eigenvalue weighted by molar-refractivity contribution is -0.120. The number of hydrogen-bond donors (Lipinski definition) is 2. The van der Waals surface area contributed by atoms with Crippen LogP contribution in [0.4, 0.5) is 5.13 Å². The zero-order valence-corrected chi connectivity index (χ0v) is 16.2. The van der Waals surface area contributed by atoms with Crippen LogP contribution in [0.15, 0.2) is 30.3 Å². The number of nitrogens with one attached hydrogen (secondary N) is 1. The van der Waals surface area contributed by atoms with Crippen LogP contribution in [0.1, 0.15) is 43.7 Å². The number of benzene rings is 1. The van der Waals surface area contributed by atoms with E-state index >= 15 is 0 Å². The van der Waals surface area contributed by atoms with Gasteiger partial charge >= 0.3 is 0 Å². The van der Waals surface area contributed by atoms with Crippen molar-refractivity contribution in [2.75, 3.05) is 11.9 Å². The number of carbonyl (C=O) groups excluding carboxylic acids is 1. The molecule has 1 heterocycles. The molecular formula is C18H25ClN4OS. The molecular weight excluding hydrogens is 356 g/mol. The van der Waals surface area contributed by atoms with Crippen molar-refractivity contribution in [2.24, 2.45) is 17.6 Å². The number of hydrogen-bond acceptors (Lipinski definition) is 5. The van der Waals surface area contributed by atoms with Crippen LogP contribution in [-0.4, -0.2) is 22.6 Å². The van der Waals surface area contributed by atoms with E-state index in [1.165, 1.54) is 16.9 Å². The first-order chi connectivity index (χ1) is 11.5. The highest BCUT2D eigenvalue weighted by atomic mass is 35.5. The third-order valence-electron chi connectivity index (χ3n) is 4.98. The van der Waals surface area contributed by atoms with E-state index in [0.717, 1.165) is 24.3 Å². The smallest absolute Gasteiger partial charge is 0.229 e. The highest BCUT2D eigenvalue weighted by Gasteiger charge is 2.33. The molecule has 1 aliphatic rings. The van der Waals surface area contributed by atoms with Crippen LogP contribution in [0, 0.1) is 11.8 Å². The summed E-state index contributed by atoms with van der Waals surface area (Å²) in [7, 11) is 0. The van der Waals surface area contributed by atoms with E-state index in [-0.39, 0.29) is 35.6 Å². The minimum absolute atomic E-state index is 0. The van der Waals surface area contributed by atoms with Crippen molar-refractivity contribution in [3.8, 4) is 0 Å². The maximum Gasteiger partial charge on any atom is 0.229 e. The zero-order valence-electron chi connectivity index (χ0n) is 14.6. The van der Waals surface area contributed by atoms with Gasteiger partial charge in [0.2, 0.25) is 11.0 Å². The summed E-state index contributed by atoms with van der Waals surface area (Å²) in [4.78, 5) is 12.5. The van der Waals surface area contributed by atoms with Crippen molar-refractivity contribution in [1.29, 1.82) is 0 Å². The molecule has 25 heavy (non-hydrogen) atoms. The number of halogens is 1. The second-order valence-electron chi connectivity index (χ2n) is 6.93. The van der Waals surface area contributed by atoms with Crippen molar-refractivity contribution in [3.05, 3.63) is 40.9 Å². The number of nitrogens with two attached hydrogens (primary N) is 1. The molecule has 0 spiro atoms. The van der Waals surface area contributed by atoms with Crippen LogP contribution in [0.3, 0.4) is 0 Å². The monoisotopic (exact) mass is 380 g/mol. The summed E-state index contributed by atoms with van der Waals surface area (Å²) < 4.78 is 0. The fourth-order valence-corrected chi connectivity index (χ4v) is 4.24. The first-order valence-corrected chi connectivity index (χ1v) is 9.24. The third kappa shape index (κ3) is 4.19. The van der Waals surface area contributed by atoms with Crippen molar-refractivity contribution in [3.63, 3.8) is 0 Å². The summed E-state index contributed by atoms with van der Waals surface area (Å²) in [5.41, 5.74) is 6.71. The average molecular weight is 381 g/mol. The Morgan fingerprint density at radius 3 is 2.68 bits per heavy atom. The normalized spacial score (nSPS) is 20.1. The van der Waals surface area contributed by atoms with Crippen LogP contribution in [0.5, 0.6) is 0 Å². The van der Waals surface area contributed by atoms with Gasteiger partial charge in [0, 0.05) is 11.3 Å². The van der Waals surface area contributed by atoms with Crippen LogP contribution in [0.25, 0.3) is 0 Å². The Bertz CT molecular complexity index is 704. The lowest BCUT2D eigenvalue weighted by atomic mass is 9.85. The Balaban J connectivity index is 0.00000225. The van der Waals surface area contributed by atoms with Crippen molar-refractivity contribution >= 4 is 34.8 Å². The topological polar surface area (TPSA) is 80.9 Å². The molecule has 0 saturated heterocycles. The first kappa shape index (κ1) is 19.8. The fraction of sp³-hybridized carbons (Fsp3) is 0.500. The van der Waals surface area contributed by atoms with Crippen molar-refractivity contribution in [1.82, 2.24) is 10.2 Å². The number of carbonyl (C=O) groups is 1. The molecule has 2 atom stereocenters. The Morgan fingerprint density at radius 2 is 2.00 bits per heavy atom. The van der Waals surface area contributed by atoms with Gasteiger partial charge in [0.25, 0.3) is 0 Å². The molecule has 7 heteroatoms. The van der Waals surface area contributed by atoms with Gasteiger partial charge in [-0.05, 0) is 44.7 Å². The van der Waals surface area contributed by atoms with E-state index in [4.69, 9.17) is 5.73 Å². The highest BCUT2D eigenvalue weighted by Crippen LogP contribution is 2.36. The van der Waals surface area contributed by atoms with Crippen LogP contribution < -0.4 is 11.1 Å². The molecule has 0 bridgehead atoms. The van der Waals surface area contributed by atoms with Crippen LogP contribution in [-0.2, 0) is 10.2 Å². The Morgan fingerprint density at radius 1 is 1.28 bits per heavy atom. The second-order valence-corrected chi connectivity index (χ2v) is 7.90. The average Bonchev–Trinajstić information content (AvgIpc) is 3.24. The van der Waals surface area contributed by atoms with E-state index in [1.807, 2.05) is 18.2 Å². The molecule has 3 N–H and O–H groups in total. The number of nitrogens with zero attached hydrogens (tertiary/aromatic N) is 2. The van der Waals surface area contributed by atoms with E-state index in [2.05, 4.69) is 41.5 Å². The predicted octanol–water partition coefficient (Wildman–Crippen LogP) is 3.60. The van der Waals surface area contributed by atoms with Gasteiger partial charge in [-0.25, -0.2) is 0 Å². The summed E-state index contributed by atoms with van der Waals surface area (Å²) >= 11 is 1.45. The second kappa shape index (κ2) is 8.25. The van der Waals surface area contributed by atoms with Gasteiger partial charge in [-0.1, -0.05) is 48.1 Å². The minimum Gasteiger partial charge on any atom is -0.330 e. The van der Waals surface area contributed by atoms with E-state index < -0.39 is 0 Å². The molecule has 5 nitrogen and oxygen atoms in total. The Kier molecular flexibility index (Phi) is 6.54. The third-order valence-corrected chi connectivity index (χ3v) is 6.15. The maximum atomic E-state index is 12.5. The summed E-state index contributed by atoms with van der Waals surface area (Å²) in [6.45, 7) is 4.81. The largest absolute Gasteiger partial charge is 0.330 e. The van der Waals surface area contributed by atoms with E-state index in [1.54, 1.807) is 0 Å². The number of aromatic nitrogens is 2. The SMILES string of the molecule is CC(C)(c1ccccc1)c1nnc(NC(=O)[C@@H]2CCC[C@@H]2CN)s1.Cl. The molecule has 1 fully saturated rings. The summed E-state index contributed by atoms with van der Waals surface area (Å²) in [5, 5.41) is 12.9. The molecule has 1 amide bonds. The zero-order chi connectivity index (χ0) is 17.2.